The van der Waals surface area contributed by atoms with Crippen LogP contribution < -0.4 is 35.3 Å². The monoisotopic (exact) mass is 613 g/mol. The highest BCUT2D eigenvalue weighted by molar-refractivity contribution is 7.79. The van der Waals surface area contributed by atoms with Gasteiger partial charge < -0.3 is 65.3 Å². The molecular formula is C16H39Cl2N4O14S-. The van der Waals surface area contributed by atoms with Gasteiger partial charge in [0.2, 0.25) is 0 Å². The number of unbranched alkanes of at least 4 members (excludes halogenated alkanes) is 1. The SMILES string of the molecule is C=O.ClCC1CO1.N.NCCNCCN.O=C(O)CCCCC(=O)O.O=CO.O=CO.O=S(=O)(O)O.[Cl-]. The second-order valence-corrected chi connectivity index (χ2v) is 6.29. The van der Waals surface area contributed by atoms with E-state index in [2.05, 4.69) is 5.32 Å². The molecule has 1 fully saturated rings. The van der Waals surface area contributed by atoms with E-state index in [0.717, 1.165) is 19.7 Å². The molecule has 37 heavy (non-hydrogen) atoms. The standard InChI is InChI=1S/C6H10O4.C4H13N3.C3H5ClO.2CH2O2.CH2O.ClH.H3N.H2O4S/c7-5(8)3-1-2-4-6(9)10;5-1-3-7-4-2-6;4-1-3-2-5-3;2*2-1-3;1-2;;;1-5(2,3)4/h1-4H2,(H,7,8)(H,9,10);7H,1-6H2;3H,1-2H2;2*1H,(H,2,3);1H2;1H;1H3;(H2,1,2,3,4)/p-1. The van der Waals surface area contributed by atoms with Crippen LogP contribution in [0.1, 0.15) is 25.7 Å². The Morgan fingerprint density at radius 2 is 1.22 bits per heavy atom. The Balaban J connectivity index is -0.0000000464. The van der Waals surface area contributed by atoms with Crippen LogP contribution in [0.4, 0.5) is 0 Å². The molecule has 1 aliphatic heterocycles. The molecule has 0 aromatic carbocycles. The summed E-state index contributed by atoms with van der Waals surface area (Å²) < 4.78 is 36.3. The van der Waals surface area contributed by atoms with Crippen LogP contribution in [0.15, 0.2) is 0 Å². The van der Waals surface area contributed by atoms with E-state index in [4.69, 9.17) is 80.1 Å². The first-order valence-corrected chi connectivity index (χ1v) is 11.1. The summed E-state index contributed by atoms with van der Waals surface area (Å²) in [4.78, 5) is 44.5. The van der Waals surface area contributed by atoms with Crippen LogP contribution in [-0.2, 0) is 39.1 Å². The maximum absolute atomic E-state index is 9.90. The molecule has 0 bridgehead atoms. The molecule has 1 unspecified atom stereocenters. The lowest BCUT2D eigenvalue weighted by Crippen LogP contribution is -3.00. The van der Waals surface area contributed by atoms with Gasteiger partial charge in [0, 0.05) is 39.0 Å². The van der Waals surface area contributed by atoms with Crippen LogP contribution in [0.3, 0.4) is 0 Å². The van der Waals surface area contributed by atoms with Gasteiger partial charge >= 0.3 is 22.3 Å². The summed E-state index contributed by atoms with van der Waals surface area (Å²) in [6, 6.07) is 0. The minimum absolute atomic E-state index is 0. The Bertz CT molecular complexity index is 540. The second kappa shape index (κ2) is 50.6. The topological polar surface area (TPSA) is 352 Å². The Hall–Kier alpha value is -2.20. The van der Waals surface area contributed by atoms with Crippen molar-refractivity contribution in [3.8, 4) is 0 Å². The highest BCUT2D eigenvalue weighted by Gasteiger charge is 2.19. The fourth-order valence-electron chi connectivity index (χ4n) is 1.04. The number of alkyl halides is 1. The van der Waals surface area contributed by atoms with Crippen LogP contribution in [0, 0.1) is 0 Å². The van der Waals surface area contributed by atoms with E-state index in [1.165, 1.54) is 0 Å². The number of carboxylic acid groups (broad SMARTS) is 4. The van der Waals surface area contributed by atoms with Gasteiger partial charge in [0.25, 0.3) is 12.9 Å². The van der Waals surface area contributed by atoms with Crippen LogP contribution in [0.25, 0.3) is 0 Å². The van der Waals surface area contributed by atoms with E-state index in [0.29, 0.717) is 37.9 Å². The molecule has 1 heterocycles. The average molecular weight is 614 g/mol. The van der Waals surface area contributed by atoms with Crippen LogP contribution in [0.2, 0.25) is 0 Å². The zero-order valence-corrected chi connectivity index (χ0v) is 22.3. The maximum Gasteiger partial charge on any atom is 0.394 e. The van der Waals surface area contributed by atoms with E-state index < -0.39 is 22.3 Å². The largest absolute Gasteiger partial charge is 1.00 e. The first-order chi connectivity index (χ1) is 16.3. The van der Waals surface area contributed by atoms with Crippen molar-refractivity contribution in [1.29, 1.82) is 0 Å². The number of carboxylic acids is 2. The van der Waals surface area contributed by atoms with Gasteiger partial charge in [-0.1, -0.05) is 0 Å². The quantitative estimate of drug-likeness (QED) is 0.0364. The lowest BCUT2D eigenvalue weighted by atomic mass is 10.2. The molecule has 0 aliphatic carbocycles. The average Bonchev–Trinajstić information content (AvgIpc) is 3.59. The zero-order valence-electron chi connectivity index (χ0n) is 20.0. The summed E-state index contributed by atoms with van der Waals surface area (Å²) in [7, 11) is -4.67. The van der Waals surface area contributed by atoms with Gasteiger partial charge in [0.1, 0.15) is 6.79 Å². The molecule has 0 radical (unpaired) electrons. The highest BCUT2D eigenvalue weighted by atomic mass is 35.5. The van der Waals surface area contributed by atoms with Crippen molar-refractivity contribution in [2.45, 2.75) is 31.8 Å². The third kappa shape index (κ3) is 179. The second-order valence-electron chi connectivity index (χ2n) is 5.09. The van der Waals surface area contributed by atoms with Gasteiger partial charge in [-0.05, 0) is 12.8 Å². The van der Waals surface area contributed by atoms with Gasteiger partial charge in [-0.2, -0.15) is 8.42 Å². The Morgan fingerprint density at radius 1 is 0.973 bits per heavy atom. The number of hydrogen-bond donors (Lipinski definition) is 10. The fourth-order valence-corrected chi connectivity index (χ4v) is 1.22. The highest BCUT2D eigenvalue weighted by Crippen LogP contribution is 2.08. The molecule has 228 valence electrons. The number of halogens is 2. The van der Waals surface area contributed by atoms with E-state index >= 15 is 0 Å². The van der Waals surface area contributed by atoms with Crippen molar-refractivity contribution < 1.29 is 79.1 Å². The number of epoxide rings is 1. The maximum atomic E-state index is 9.90. The van der Waals surface area contributed by atoms with E-state index in [9.17, 15) is 9.59 Å². The number of carbonyl (C=O) groups excluding carboxylic acids is 1. The molecular weight excluding hydrogens is 575 g/mol. The van der Waals surface area contributed by atoms with Crippen molar-refractivity contribution >= 4 is 53.7 Å². The Kier molecular flexibility index (Phi) is 75.7. The molecule has 1 saturated heterocycles. The van der Waals surface area contributed by atoms with E-state index in [1.807, 2.05) is 6.79 Å². The minimum Gasteiger partial charge on any atom is -1.00 e. The minimum atomic E-state index is -4.67. The van der Waals surface area contributed by atoms with Crippen molar-refractivity contribution in [3.63, 3.8) is 0 Å². The summed E-state index contributed by atoms with van der Waals surface area (Å²) in [6.45, 7) is 5.51. The number of carbonyl (C=O) groups is 5. The van der Waals surface area contributed by atoms with Crippen LogP contribution >= 0.6 is 11.6 Å². The number of nitrogens with one attached hydrogen (secondary N) is 1. The molecule has 0 aromatic heterocycles. The fraction of sp³-hybridized carbons (Fsp3) is 0.688. The summed E-state index contributed by atoms with van der Waals surface area (Å²) >= 11 is 5.27. The number of hydrogen-bond acceptors (Lipinski definition) is 12. The van der Waals surface area contributed by atoms with Gasteiger partial charge in [0.15, 0.2) is 0 Å². The van der Waals surface area contributed by atoms with Gasteiger partial charge in [-0.25, -0.2) is 0 Å². The summed E-state index contributed by atoms with van der Waals surface area (Å²) in [5, 5.41) is 33.1. The third-order valence-electron chi connectivity index (χ3n) is 2.25. The van der Waals surface area contributed by atoms with Gasteiger partial charge in [-0.3, -0.25) is 28.3 Å². The molecule has 18 nitrogen and oxygen atoms in total. The lowest BCUT2D eigenvalue weighted by Gasteiger charge is -1.95. The van der Waals surface area contributed by atoms with Gasteiger partial charge in [-0.15, -0.1) is 11.6 Å². The summed E-state index contributed by atoms with van der Waals surface area (Å²) in [5.41, 5.74) is 10.3. The Morgan fingerprint density at radius 3 is 1.32 bits per heavy atom. The predicted molar refractivity (Wildman–Crippen MR) is 129 cm³/mol. The summed E-state index contributed by atoms with van der Waals surface area (Å²) in [5.74, 6) is -1.07. The van der Waals surface area contributed by atoms with E-state index in [-0.39, 0.29) is 44.3 Å². The van der Waals surface area contributed by atoms with Crippen molar-refractivity contribution in [1.82, 2.24) is 11.5 Å². The van der Waals surface area contributed by atoms with Crippen LogP contribution in [-0.4, -0.2) is 114 Å². The summed E-state index contributed by atoms with van der Waals surface area (Å²) in [6.07, 6.45) is 1.42. The zero-order chi connectivity index (χ0) is 29.1. The molecule has 21 heteroatoms. The van der Waals surface area contributed by atoms with E-state index in [1.54, 1.807) is 0 Å². The predicted octanol–water partition coefficient (Wildman–Crippen LogP) is -4.44. The van der Waals surface area contributed by atoms with Crippen molar-refractivity contribution in [2.24, 2.45) is 11.5 Å². The molecule has 0 aromatic rings. The number of nitrogens with two attached hydrogens (primary N) is 2. The molecule has 1 aliphatic rings. The smallest absolute Gasteiger partial charge is 0.394 e. The normalized spacial score (nSPS) is 11.2. The van der Waals surface area contributed by atoms with Crippen LogP contribution in [0.5, 0.6) is 0 Å². The Labute approximate surface area is 226 Å². The van der Waals surface area contributed by atoms with Gasteiger partial charge in [0.05, 0.1) is 18.6 Å². The first-order valence-electron chi connectivity index (χ1n) is 9.17. The lowest BCUT2D eigenvalue weighted by molar-refractivity contribution is -0.139. The molecule has 1 atom stereocenters. The number of rotatable bonds is 10. The third-order valence-corrected chi connectivity index (χ3v) is 2.59. The molecule has 0 saturated carbocycles. The number of ether oxygens (including phenoxy) is 1. The van der Waals surface area contributed by atoms with Crippen molar-refractivity contribution in [3.05, 3.63) is 0 Å². The molecule has 1 rings (SSSR count). The number of aliphatic carboxylic acids is 2. The molecule has 0 spiro atoms. The first kappa shape index (κ1) is 55.4. The molecule has 0 amide bonds. The molecule has 14 N–H and O–H groups in total. The van der Waals surface area contributed by atoms with Crippen molar-refractivity contribution in [2.75, 3.05) is 38.7 Å².